The quantitative estimate of drug-likeness (QED) is 0.623. The number of rotatable bonds is 6. The Morgan fingerprint density at radius 1 is 1.21 bits per heavy atom. The van der Waals surface area contributed by atoms with Gasteiger partial charge >= 0.3 is 0 Å². The fourth-order valence-corrected chi connectivity index (χ4v) is 1.64. The van der Waals surface area contributed by atoms with Gasteiger partial charge in [-0.15, -0.1) is 0 Å². The number of hydrogen-bond donors (Lipinski definition) is 2. The van der Waals surface area contributed by atoms with Gasteiger partial charge in [0, 0.05) is 18.1 Å². The molecule has 5 heteroatoms. The van der Waals surface area contributed by atoms with Gasteiger partial charge in [-0.3, -0.25) is 0 Å². The summed E-state index contributed by atoms with van der Waals surface area (Å²) in [6, 6.07) is 7.35. The van der Waals surface area contributed by atoms with Crippen LogP contribution >= 0.6 is 11.6 Å². The van der Waals surface area contributed by atoms with Gasteiger partial charge in [-0.2, -0.15) is 0 Å². The molecule has 4 nitrogen and oxygen atoms in total. The molecule has 0 aromatic heterocycles. The summed E-state index contributed by atoms with van der Waals surface area (Å²) in [4.78, 5) is 4.46. The third-order valence-electron chi connectivity index (χ3n) is 2.35. The molecule has 0 heterocycles. The summed E-state index contributed by atoms with van der Waals surface area (Å²) in [7, 11) is 0. The van der Waals surface area contributed by atoms with Crippen LogP contribution in [-0.4, -0.2) is 31.7 Å². The Balaban J connectivity index is 2.47. The molecule has 0 aliphatic rings. The Morgan fingerprint density at radius 3 is 2.32 bits per heavy atom. The molecule has 19 heavy (non-hydrogen) atoms. The average Bonchev–Trinajstić information content (AvgIpc) is 2.39. The third kappa shape index (κ3) is 6.34. The maximum Gasteiger partial charge on any atom is 0.191 e. The van der Waals surface area contributed by atoms with E-state index in [1.807, 2.05) is 45.0 Å². The van der Waals surface area contributed by atoms with Gasteiger partial charge in [-0.25, -0.2) is 4.99 Å². The van der Waals surface area contributed by atoms with Crippen LogP contribution < -0.4 is 15.4 Å². The maximum absolute atomic E-state index is 5.83. The minimum absolute atomic E-state index is 0.00786. The number of nitrogens with one attached hydrogen (secondary N) is 2. The van der Waals surface area contributed by atoms with Gasteiger partial charge in [0.15, 0.2) is 5.96 Å². The van der Waals surface area contributed by atoms with Crippen molar-refractivity contribution in [3.05, 3.63) is 29.3 Å². The molecular weight excluding hydrogens is 262 g/mol. The highest BCUT2D eigenvalue weighted by atomic mass is 35.5. The molecule has 0 amide bonds. The highest BCUT2D eigenvalue weighted by molar-refractivity contribution is 6.30. The van der Waals surface area contributed by atoms with E-state index in [-0.39, 0.29) is 6.10 Å². The summed E-state index contributed by atoms with van der Waals surface area (Å²) in [5.74, 6) is 1.62. The molecule has 2 N–H and O–H groups in total. The lowest BCUT2D eigenvalue weighted by atomic mass is 10.3. The molecule has 0 fully saturated rings. The van der Waals surface area contributed by atoms with E-state index in [1.165, 1.54) is 0 Å². The van der Waals surface area contributed by atoms with Crippen molar-refractivity contribution in [1.82, 2.24) is 10.6 Å². The summed E-state index contributed by atoms with van der Waals surface area (Å²) in [6.45, 7) is 8.36. The van der Waals surface area contributed by atoms with E-state index in [0.717, 1.165) is 24.8 Å². The first-order valence-corrected chi connectivity index (χ1v) is 6.97. The second-order valence-corrected chi connectivity index (χ2v) is 4.57. The maximum atomic E-state index is 5.83. The van der Waals surface area contributed by atoms with Crippen LogP contribution in [0.2, 0.25) is 5.02 Å². The molecule has 0 spiro atoms. The molecule has 1 unspecified atom stereocenters. The van der Waals surface area contributed by atoms with Crippen LogP contribution in [0.5, 0.6) is 5.75 Å². The minimum atomic E-state index is 0.00786. The van der Waals surface area contributed by atoms with E-state index < -0.39 is 0 Å². The van der Waals surface area contributed by atoms with E-state index in [1.54, 1.807) is 0 Å². The molecule has 0 saturated heterocycles. The summed E-state index contributed by atoms with van der Waals surface area (Å²) < 4.78 is 5.75. The van der Waals surface area contributed by atoms with Crippen molar-refractivity contribution in [3.63, 3.8) is 0 Å². The molecule has 1 atom stereocenters. The van der Waals surface area contributed by atoms with Gasteiger partial charge in [0.2, 0.25) is 0 Å². The zero-order chi connectivity index (χ0) is 14.1. The first kappa shape index (κ1) is 15.6. The third-order valence-corrected chi connectivity index (χ3v) is 2.60. The SMILES string of the molecule is CCNC(=NCC(C)Oc1ccc(Cl)cc1)NCC. The van der Waals surface area contributed by atoms with Gasteiger partial charge < -0.3 is 15.4 Å². The molecule has 106 valence electrons. The fourth-order valence-electron chi connectivity index (χ4n) is 1.51. The van der Waals surface area contributed by atoms with Crippen molar-refractivity contribution in [3.8, 4) is 5.75 Å². The number of ether oxygens (including phenoxy) is 1. The lowest BCUT2D eigenvalue weighted by Gasteiger charge is -2.14. The first-order valence-electron chi connectivity index (χ1n) is 6.60. The van der Waals surface area contributed by atoms with Gasteiger partial charge in [0.1, 0.15) is 11.9 Å². The molecular formula is C14H22ClN3O. The van der Waals surface area contributed by atoms with Crippen molar-refractivity contribution in [2.45, 2.75) is 26.9 Å². The average molecular weight is 284 g/mol. The molecule has 1 rings (SSSR count). The summed E-state index contributed by atoms with van der Waals surface area (Å²) in [5.41, 5.74) is 0. The van der Waals surface area contributed by atoms with E-state index in [4.69, 9.17) is 16.3 Å². The van der Waals surface area contributed by atoms with E-state index in [0.29, 0.717) is 11.6 Å². The summed E-state index contributed by atoms with van der Waals surface area (Å²) in [6.07, 6.45) is 0.00786. The zero-order valence-electron chi connectivity index (χ0n) is 11.7. The molecule has 1 aromatic rings. The fraction of sp³-hybridized carbons (Fsp3) is 0.500. The standard InChI is InChI=1S/C14H22ClN3O/c1-4-16-14(17-5-2)18-10-11(3)19-13-8-6-12(15)7-9-13/h6-9,11H,4-5,10H2,1-3H3,(H2,16,17,18). The summed E-state index contributed by atoms with van der Waals surface area (Å²) >= 11 is 5.83. The topological polar surface area (TPSA) is 45.7 Å². The van der Waals surface area contributed by atoms with Crippen LogP contribution in [0.25, 0.3) is 0 Å². The highest BCUT2D eigenvalue weighted by Crippen LogP contribution is 2.16. The molecule has 0 bridgehead atoms. The monoisotopic (exact) mass is 283 g/mol. The van der Waals surface area contributed by atoms with Gasteiger partial charge in [0.25, 0.3) is 0 Å². The Labute approximate surface area is 120 Å². The van der Waals surface area contributed by atoms with Crippen LogP contribution in [0.4, 0.5) is 0 Å². The minimum Gasteiger partial charge on any atom is -0.489 e. The highest BCUT2D eigenvalue weighted by Gasteiger charge is 2.04. The Bertz CT molecular complexity index is 384. The van der Waals surface area contributed by atoms with Crippen LogP contribution in [0.15, 0.2) is 29.3 Å². The predicted octanol–water partition coefficient (Wildman–Crippen LogP) is 2.68. The Hall–Kier alpha value is -1.42. The second kappa shape index (κ2) is 8.64. The first-order chi connectivity index (χ1) is 9.15. The van der Waals surface area contributed by atoms with Crippen molar-refractivity contribution in [1.29, 1.82) is 0 Å². The molecule has 0 aliphatic heterocycles. The smallest absolute Gasteiger partial charge is 0.191 e. The molecule has 0 aliphatic carbocycles. The lowest BCUT2D eigenvalue weighted by molar-refractivity contribution is 0.230. The van der Waals surface area contributed by atoms with Gasteiger partial charge in [-0.05, 0) is 45.0 Å². The molecule has 1 aromatic carbocycles. The van der Waals surface area contributed by atoms with Crippen LogP contribution in [-0.2, 0) is 0 Å². The van der Waals surface area contributed by atoms with Crippen molar-refractivity contribution >= 4 is 17.6 Å². The molecule has 0 saturated carbocycles. The number of nitrogens with zero attached hydrogens (tertiary/aromatic N) is 1. The Morgan fingerprint density at radius 2 is 1.79 bits per heavy atom. The van der Waals surface area contributed by atoms with Gasteiger partial charge in [-0.1, -0.05) is 11.6 Å². The largest absolute Gasteiger partial charge is 0.489 e. The van der Waals surface area contributed by atoms with Gasteiger partial charge in [0.05, 0.1) is 6.54 Å². The van der Waals surface area contributed by atoms with E-state index in [2.05, 4.69) is 15.6 Å². The number of halogens is 1. The number of benzene rings is 1. The number of hydrogen-bond acceptors (Lipinski definition) is 2. The number of guanidine groups is 1. The molecule has 0 radical (unpaired) electrons. The number of aliphatic imine (C=N–C) groups is 1. The van der Waals surface area contributed by atoms with Crippen molar-refractivity contribution in [2.24, 2.45) is 4.99 Å². The van der Waals surface area contributed by atoms with Crippen LogP contribution in [0, 0.1) is 0 Å². The normalized spacial score (nSPS) is 11.6. The van der Waals surface area contributed by atoms with E-state index >= 15 is 0 Å². The summed E-state index contributed by atoms with van der Waals surface area (Å²) in [5, 5.41) is 7.06. The zero-order valence-corrected chi connectivity index (χ0v) is 12.5. The van der Waals surface area contributed by atoms with Crippen molar-refractivity contribution in [2.75, 3.05) is 19.6 Å². The lowest BCUT2D eigenvalue weighted by Crippen LogP contribution is -2.37. The van der Waals surface area contributed by atoms with Crippen molar-refractivity contribution < 1.29 is 4.74 Å². The predicted molar refractivity (Wildman–Crippen MR) is 81.2 cm³/mol. The van der Waals surface area contributed by atoms with Crippen LogP contribution in [0.1, 0.15) is 20.8 Å². The second-order valence-electron chi connectivity index (χ2n) is 4.13. The van der Waals surface area contributed by atoms with Crippen LogP contribution in [0.3, 0.4) is 0 Å². The Kier molecular flexibility index (Phi) is 7.11. The van der Waals surface area contributed by atoms with E-state index in [9.17, 15) is 0 Å².